The van der Waals surface area contributed by atoms with Gasteiger partial charge in [-0.3, -0.25) is 4.68 Å². The SMILES string of the molecule is COc1cc(C(O)Cc2cc(C)nn2C)ccc1F. The monoisotopic (exact) mass is 264 g/mol. The van der Waals surface area contributed by atoms with E-state index in [1.54, 1.807) is 10.7 Å². The molecule has 0 aliphatic heterocycles. The topological polar surface area (TPSA) is 47.3 Å². The largest absolute Gasteiger partial charge is 0.494 e. The van der Waals surface area contributed by atoms with Crippen LogP contribution < -0.4 is 4.74 Å². The maximum atomic E-state index is 13.3. The van der Waals surface area contributed by atoms with Gasteiger partial charge in [0.2, 0.25) is 0 Å². The van der Waals surface area contributed by atoms with Crippen LogP contribution in [-0.4, -0.2) is 22.0 Å². The molecule has 19 heavy (non-hydrogen) atoms. The molecule has 2 rings (SSSR count). The van der Waals surface area contributed by atoms with Crippen molar-refractivity contribution in [2.75, 3.05) is 7.11 Å². The van der Waals surface area contributed by atoms with E-state index in [9.17, 15) is 9.50 Å². The number of aliphatic hydroxyl groups excluding tert-OH is 1. The minimum atomic E-state index is -0.718. The van der Waals surface area contributed by atoms with Crippen LogP contribution in [0.2, 0.25) is 0 Å². The van der Waals surface area contributed by atoms with E-state index in [0.29, 0.717) is 12.0 Å². The normalized spacial score (nSPS) is 12.5. The molecule has 4 nitrogen and oxygen atoms in total. The van der Waals surface area contributed by atoms with Gasteiger partial charge in [0, 0.05) is 19.2 Å². The molecule has 0 saturated heterocycles. The number of nitrogens with zero attached hydrogens (tertiary/aromatic N) is 2. The Morgan fingerprint density at radius 2 is 2.16 bits per heavy atom. The number of aryl methyl sites for hydroxylation is 2. The Bertz CT molecular complexity index is 581. The second-order valence-electron chi connectivity index (χ2n) is 4.51. The molecule has 1 aromatic carbocycles. The van der Waals surface area contributed by atoms with Crippen molar-refractivity contribution in [3.8, 4) is 5.75 Å². The van der Waals surface area contributed by atoms with Crippen molar-refractivity contribution in [2.45, 2.75) is 19.4 Å². The third-order valence-electron chi connectivity index (χ3n) is 3.06. The number of hydrogen-bond donors (Lipinski definition) is 1. The molecule has 0 amide bonds. The van der Waals surface area contributed by atoms with Crippen molar-refractivity contribution in [3.63, 3.8) is 0 Å². The van der Waals surface area contributed by atoms with Crippen LogP contribution >= 0.6 is 0 Å². The van der Waals surface area contributed by atoms with Crippen LogP contribution in [0.5, 0.6) is 5.75 Å². The van der Waals surface area contributed by atoms with Gasteiger partial charge >= 0.3 is 0 Å². The van der Waals surface area contributed by atoms with Crippen LogP contribution in [0.3, 0.4) is 0 Å². The molecular weight excluding hydrogens is 247 g/mol. The van der Waals surface area contributed by atoms with Gasteiger partial charge in [0.25, 0.3) is 0 Å². The number of halogens is 1. The Morgan fingerprint density at radius 3 is 2.74 bits per heavy atom. The van der Waals surface area contributed by atoms with E-state index < -0.39 is 11.9 Å². The maximum absolute atomic E-state index is 13.3. The first-order valence-corrected chi connectivity index (χ1v) is 6.02. The highest BCUT2D eigenvalue weighted by atomic mass is 19.1. The van der Waals surface area contributed by atoms with Gasteiger partial charge in [-0.15, -0.1) is 0 Å². The summed E-state index contributed by atoms with van der Waals surface area (Å²) in [4.78, 5) is 0. The molecule has 1 N–H and O–H groups in total. The summed E-state index contributed by atoms with van der Waals surface area (Å²) in [5, 5.41) is 14.4. The fourth-order valence-electron chi connectivity index (χ4n) is 2.05. The van der Waals surface area contributed by atoms with Crippen molar-refractivity contribution >= 4 is 0 Å². The zero-order valence-electron chi connectivity index (χ0n) is 11.2. The van der Waals surface area contributed by atoms with E-state index >= 15 is 0 Å². The molecule has 0 aliphatic rings. The lowest BCUT2D eigenvalue weighted by molar-refractivity contribution is 0.175. The summed E-state index contributed by atoms with van der Waals surface area (Å²) in [6, 6.07) is 6.30. The number of ether oxygens (including phenoxy) is 1. The molecule has 1 unspecified atom stereocenters. The Labute approximate surface area is 111 Å². The van der Waals surface area contributed by atoms with Crippen molar-refractivity contribution < 1.29 is 14.2 Å². The Kier molecular flexibility index (Phi) is 3.85. The molecule has 0 spiro atoms. The Morgan fingerprint density at radius 1 is 1.42 bits per heavy atom. The number of aliphatic hydroxyl groups is 1. The van der Waals surface area contributed by atoms with Crippen molar-refractivity contribution in [1.29, 1.82) is 0 Å². The highest BCUT2D eigenvalue weighted by Crippen LogP contribution is 2.24. The Hall–Kier alpha value is -1.88. The second-order valence-corrected chi connectivity index (χ2v) is 4.51. The van der Waals surface area contributed by atoms with E-state index in [2.05, 4.69) is 5.10 Å². The van der Waals surface area contributed by atoms with Gasteiger partial charge in [0.1, 0.15) is 0 Å². The second kappa shape index (κ2) is 5.40. The molecule has 5 heteroatoms. The lowest BCUT2D eigenvalue weighted by Crippen LogP contribution is -2.07. The zero-order valence-corrected chi connectivity index (χ0v) is 11.2. The van der Waals surface area contributed by atoms with E-state index in [1.165, 1.54) is 19.2 Å². The van der Waals surface area contributed by atoms with Crippen molar-refractivity contribution in [1.82, 2.24) is 9.78 Å². The first kappa shape index (κ1) is 13.5. The molecule has 0 radical (unpaired) electrons. The molecule has 1 atom stereocenters. The van der Waals surface area contributed by atoms with Crippen molar-refractivity contribution in [2.24, 2.45) is 7.05 Å². The number of rotatable bonds is 4. The fourth-order valence-corrected chi connectivity index (χ4v) is 2.05. The van der Waals surface area contributed by atoms with Crippen LogP contribution in [0, 0.1) is 12.7 Å². The standard InChI is InChI=1S/C14H17FN2O2/c1-9-6-11(17(2)16-9)8-13(18)10-4-5-12(15)14(7-10)19-3/h4-7,13,18H,8H2,1-3H3. The van der Waals surface area contributed by atoms with Gasteiger partial charge < -0.3 is 9.84 Å². The molecule has 0 bridgehead atoms. The first-order chi connectivity index (χ1) is 9.01. The smallest absolute Gasteiger partial charge is 0.165 e. The van der Waals surface area contributed by atoms with Gasteiger partial charge in [-0.05, 0) is 30.7 Å². The van der Waals surface area contributed by atoms with Crippen LogP contribution in [0.1, 0.15) is 23.1 Å². The minimum absolute atomic E-state index is 0.137. The number of methoxy groups -OCH3 is 1. The molecule has 1 heterocycles. The third-order valence-corrected chi connectivity index (χ3v) is 3.06. The van der Waals surface area contributed by atoms with Crippen molar-refractivity contribution in [3.05, 3.63) is 47.0 Å². The molecule has 0 aliphatic carbocycles. The lowest BCUT2D eigenvalue weighted by atomic mass is 10.0. The van der Waals surface area contributed by atoms with Gasteiger partial charge in [-0.1, -0.05) is 6.07 Å². The minimum Gasteiger partial charge on any atom is -0.494 e. The molecule has 0 fully saturated rings. The summed E-state index contributed by atoms with van der Waals surface area (Å²) in [6.07, 6.45) is -0.295. The molecular formula is C14H17FN2O2. The highest BCUT2D eigenvalue weighted by Gasteiger charge is 2.14. The average Bonchev–Trinajstić information content (AvgIpc) is 2.68. The average molecular weight is 264 g/mol. The zero-order chi connectivity index (χ0) is 14.0. The van der Waals surface area contributed by atoms with Gasteiger partial charge in [0.05, 0.1) is 18.9 Å². The van der Waals surface area contributed by atoms with Crippen LogP contribution in [0.4, 0.5) is 4.39 Å². The van der Waals surface area contributed by atoms with E-state index in [0.717, 1.165) is 11.4 Å². The molecule has 1 aromatic heterocycles. The Balaban J connectivity index is 2.20. The summed E-state index contributed by atoms with van der Waals surface area (Å²) in [6.45, 7) is 1.90. The molecule has 2 aromatic rings. The summed E-state index contributed by atoms with van der Waals surface area (Å²) in [5.41, 5.74) is 2.45. The third kappa shape index (κ3) is 2.93. The van der Waals surface area contributed by atoms with E-state index in [4.69, 9.17) is 4.74 Å². The van der Waals surface area contributed by atoms with Crippen LogP contribution in [-0.2, 0) is 13.5 Å². The molecule has 102 valence electrons. The predicted octanol–water partition coefficient (Wildman–Crippen LogP) is 2.15. The number of aromatic nitrogens is 2. The first-order valence-electron chi connectivity index (χ1n) is 6.02. The molecule has 0 saturated carbocycles. The van der Waals surface area contributed by atoms with Gasteiger partial charge in [-0.25, -0.2) is 4.39 Å². The predicted molar refractivity (Wildman–Crippen MR) is 69.6 cm³/mol. The summed E-state index contributed by atoms with van der Waals surface area (Å²) in [7, 11) is 3.24. The van der Waals surface area contributed by atoms with Gasteiger partial charge in [-0.2, -0.15) is 5.10 Å². The van der Waals surface area contributed by atoms with E-state index in [1.807, 2.05) is 20.0 Å². The summed E-state index contributed by atoms with van der Waals surface area (Å²) in [5.74, 6) is -0.299. The summed E-state index contributed by atoms with van der Waals surface area (Å²) < 4.78 is 20.0. The van der Waals surface area contributed by atoms with Crippen LogP contribution in [0.25, 0.3) is 0 Å². The maximum Gasteiger partial charge on any atom is 0.165 e. The van der Waals surface area contributed by atoms with E-state index in [-0.39, 0.29) is 5.75 Å². The summed E-state index contributed by atoms with van der Waals surface area (Å²) >= 11 is 0. The quantitative estimate of drug-likeness (QED) is 0.920. The highest BCUT2D eigenvalue weighted by molar-refractivity contribution is 5.32. The lowest BCUT2D eigenvalue weighted by Gasteiger charge is -2.12. The fraction of sp³-hybridized carbons (Fsp3) is 0.357. The van der Waals surface area contributed by atoms with Gasteiger partial charge in [0.15, 0.2) is 11.6 Å². The number of benzene rings is 1. The van der Waals surface area contributed by atoms with Crippen LogP contribution in [0.15, 0.2) is 24.3 Å². The number of hydrogen-bond acceptors (Lipinski definition) is 3.